The standard InChI is InChI=1S/C20H19ClN2O3/c1-4-26-16-7-5-6-14(10-16)9-15(12-22)20(24)23-18-8-13(2)17(21)11-19(18)25-3/h5-11H,4H2,1-3H3,(H,23,24)/b15-9+. The molecule has 2 aromatic rings. The molecule has 0 aromatic heterocycles. The number of nitrogens with one attached hydrogen (secondary N) is 1. The smallest absolute Gasteiger partial charge is 0.266 e. The Labute approximate surface area is 157 Å². The first-order chi connectivity index (χ1) is 12.5. The van der Waals surface area contributed by atoms with Gasteiger partial charge in [0.1, 0.15) is 23.1 Å². The second kappa shape index (κ2) is 8.93. The number of benzene rings is 2. The number of anilines is 1. The minimum Gasteiger partial charge on any atom is -0.495 e. The number of carbonyl (C=O) groups excluding carboxylic acids is 1. The second-order valence-corrected chi connectivity index (χ2v) is 5.84. The summed E-state index contributed by atoms with van der Waals surface area (Å²) in [4.78, 5) is 12.5. The van der Waals surface area contributed by atoms with Gasteiger partial charge in [0.2, 0.25) is 0 Å². The number of methoxy groups -OCH3 is 1. The number of hydrogen-bond acceptors (Lipinski definition) is 4. The fourth-order valence-corrected chi connectivity index (χ4v) is 2.45. The van der Waals surface area contributed by atoms with Gasteiger partial charge in [0.15, 0.2) is 0 Å². The van der Waals surface area contributed by atoms with Crippen LogP contribution in [0.25, 0.3) is 6.08 Å². The third-order valence-electron chi connectivity index (χ3n) is 3.57. The predicted octanol–water partition coefficient (Wildman–Crippen LogP) is 4.60. The molecule has 0 fully saturated rings. The largest absolute Gasteiger partial charge is 0.495 e. The van der Waals surface area contributed by atoms with E-state index in [1.54, 1.807) is 30.3 Å². The van der Waals surface area contributed by atoms with E-state index in [-0.39, 0.29) is 5.57 Å². The number of halogens is 1. The second-order valence-electron chi connectivity index (χ2n) is 5.43. The number of carbonyl (C=O) groups is 1. The van der Waals surface area contributed by atoms with Crippen LogP contribution in [-0.4, -0.2) is 19.6 Å². The molecule has 26 heavy (non-hydrogen) atoms. The molecule has 6 heteroatoms. The van der Waals surface area contributed by atoms with E-state index < -0.39 is 5.91 Å². The predicted molar refractivity (Wildman–Crippen MR) is 103 cm³/mol. The Balaban J connectivity index is 2.28. The summed E-state index contributed by atoms with van der Waals surface area (Å²) < 4.78 is 10.7. The molecular formula is C20H19ClN2O3. The lowest BCUT2D eigenvalue weighted by molar-refractivity contribution is -0.112. The maximum Gasteiger partial charge on any atom is 0.266 e. The van der Waals surface area contributed by atoms with Crippen LogP contribution in [0.5, 0.6) is 11.5 Å². The minimum atomic E-state index is -0.533. The van der Waals surface area contributed by atoms with Gasteiger partial charge in [0.05, 0.1) is 19.4 Å². The van der Waals surface area contributed by atoms with Crippen LogP contribution >= 0.6 is 11.6 Å². The quantitative estimate of drug-likeness (QED) is 0.595. The van der Waals surface area contributed by atoms with Crippen LogP contribution in [0.2, 0.25) is 5.02 Å². The van der Waals surface area contributed by atoms with Crippen molar-refractivity contribution in [3.63, 3.8) is 0 Å². The van der Waals surface area contributed by atoms with E-state index in [2.05, 4.69) is 5.32 Å². The van der Waals surface area contributed by atoms with Crippen LogP contribution in [0.3, 0.4) is 0 Å². The highest BCUT2D eigenvalue weighted by Crippen LogP contribution is 2.31. The van der Waals surface area contributed by atoms with Crippen molar-refractivity contribution in [1.82, 2.24) is 0 Å². The maximum absolute atomic E-state index is 12.5. The molecule has 0 aliphatic heterocycles. The van der Waals surface area contributed by atoms with Crippen LogP contribution < -0.4 is 14.8 Å². The van der Waals surface area contributed by atoms with Gasteiger partial charge in [-0.15, -0.1) is 0 Å². The van der Waals surface area contributed by atoms with E-state index in [9.17, 15) is 10.1 Å². The van der Waals surface area contributed by atoms with Gasteiger partial charge in [-0.2, -0.15) is 5.26 Å². The van der Waals surface area contributed by atoms with Crippen LogP contribution in [0, 0.1) is 18.3 Å². The number of ether oxygens (including phenoxy) is 2. The molecule has 0 radical (unpaired) electrons. The SMILES string of the molecule is CCOc1cccc(/C=C(\C#N)C(=O)Nc2cc(C)c(Cl)cc2OC)c1. The van der Waals surface area contributed by atoms with Gasteiger partial charge in [0.25, 0.3) is 5.91 Å². The zero-order chi connectivity index (χ0) is 19.1. The van der Waals surface area contributed by atoms with Crippen molar-refractivity contribution in [3.8, 4) is 17.6 Å². The van der Waals surface area contributed by atoms with Crippen LogP contribution in [-0.2, 0) is 4.79 Å². The Bertz CT molecular complexity index is 885. The van der Waals surface area contributed by atoms with Crippen LogP contribution in [0.15, 0.2) is 42.0 Å². The Morgan fingerprint density at radius 1 is 1.35 bits per heavy atom. The Morgan fingerprint density at radius 2 is 2.12 bits per heavy atom. The summed E-state index contributed by atoms with van der Waals surface area (Å²) in [5, 5.41) is 12.6. The van der Waals surface area contributed by atoms with Crippen molar-refractivity contribution < 1.29 is 14.3 Å². The molecule has 0 unspecified atom stereocenters. The zero-order valence-corrected chi connectivity index (χ0v) is 15.6. The van der Waals surface area contributed by atoms with E-state index in [4.69, 9.17) is 21.1 Å². The summed E-state index contributed by atoms with van der Waals surface area (Å²) in [6, 6.07) is 12.4. The van der Waals surface area contributed by atoms with Crippen molar-refractivity contribution in [2.45, 2.75) is 13.8 Å². The maximum atomic E-state index is 12.5. The zero-order valence-electron chi connectivity index (χ0n) is 14.8. The molecule has 0 spiro atoms. The fourth-order valence-electron chi connectivity index (χ4n) is 2.30. The first kappa shape index (κ1) is 19.4. The third kappa shape index (κ3) is 4.78. The average Bonchev–Trinajstić information content (AvgIpc) is 2.63. The summed E-state index contributed by atoms with van der Waals surface area (Å²) in [6.07, 6.45) is 1.51. The van der Waals surface area contributed by atoms with Gasteiger partial charge in [-0.1, -0.05) is 23.7 Å². The molecule has 0 atom stereocenters. The first-order valence-corrected chi connectivity index (χ1v) is 8.36. The molecule has 0 saturated carbocycles. The van der Waals surface area contributed by atoms with Gasteiger partial charge in [-0.25, -0.2) is 0 Å². The molecule has 134 valence electrons. The highest BCUT2D eigenvalue weighted by Gasteiger charge is 2.14. The lowest BCUT2D eigenvalue weighted by atomic mass is 10.1. The summed E-state index contributed by atoms with van der Waals surface area (Å²) in [5.74, 6) is 0.563. The normalized spacial score (nSPS) is 10.8. The lowest BCUT2D eigenvalue weighted by Gasteiger charge is -2.12. The van der Waals surface area contributed by atoms with Gasteiger partial charge >= 0.3 is 0 Å². The molecule has 1 N–H and O–H groups in total. The van der Waals surface area contributed by atoms with Gasteiger partial charge in [-0.05, 0) is 49.2 Å². The molecule has 0 saturated heterocycles. The fraction of sp³-hybridized carbons (Fsp3) is 0.200. The highest BCUT2D eigenvalue weighted by atomic mass is 35.5. The van der Waals surface area contributed by atoms with Gasteiger partial charge < -0.3 is 14.8 Å². The molecule has 0 heterocycles. The summed E-state index contributed by atoms with van der Waals surface area (Å²) in [7, 11) is 1.48. The van der Waals surface area contributed by atoms with Crippen LogP contribution in [0.1, 0.15) is 18.1 Å². The molecule has 2 rings (SSSR count). The molecule has 0 aliphatic carbocycles. The number of hydrogen-bond donors (Lipinski definition) is 1. The lowest BCUT2D eigenvalue weighted by Crippen LogP contribution is -2.14. The average molecular weight is 371 g/mol. The molecule has 1 amide bonds. The van der Waals surface area contributed by atoms with Crippen LogP contribution in [0.4, 0.5) is 5.69 Å². The third-order valence-corrected chi connectivity index (χ3v) is 3.98. The van der Waals surface area contributed by atoms with Crippen molar-refractivity contribution in [1.29, 1.82) is 5.26 Å². The molecule has 2 aromatic carbocycles. The van der Waals surface area contributed by atoms with E-state index in [1.807, 2.05) is 26.0 Å². The van der Waals surface area contributed by atoms with Crippen molar-refractivity contribution in [2.24, 2.45) is 0 Å². The Kier molecular flexibility index (Phi) is 6.65. The topological polar surface area (TPSA) is 71.3 Å². The minimum absolute atomic E-state index is 0.0340. The highest BCUT2D eigenvalue weighted by molar-refractivity contribution is 6.31. The summed E-state index contributed by atoms with van der Waals surface area (Å²) in [5.41, 5.74) is 1.90. The van der Waals surface area contributed by atoms with Crippen molar-refractivity contribution in [2.75, 3.05) is 19.0 Å². The number of aryl methyl sites for hydroxylation is 1. The van der Waals surface area contributed by atoms with E-state index >= 15 is 0 Å². The van der Waals surface area contributed by atoms with Crippen molar-refractivity contribution >= 4 is 29.3 Å². The summed E-state index contributed by atoms with van der Waals surface area (Å²) in [6.45, 7) is 4.24. The molecule has 0 bridgehead atoms. The molecule has 5 nitrogen and oxygen atoms in total. The number of amides is 1. The monoisotopic (exact) mass is 370 g/mol. The molecular weight excluding hydrogens is 352 g/mol. The molecule has 0 aliphatic rings. The van der Waals surface area contributed by atoms with Gasteiger partial charge in [-0.3, -0.25) is 4.79 Å². The van der Waals surface area contributed by atoms with Gasteiger partial charge in [0, 0.05) is 11.1 Å². The number of nitriles is 1. The Hall–Kier alpha value is -2.97. The van der Waals surface area contributed by atoms with E-state index in [0.29, 0.717) is 34.4 Å². The Morgan fingerprint density at radius 3 is 2.77 bits per heavy atom. The van der Waals surface area contributed by atoms with E-state index in [0.717, 1.165) is 5.56 Å². The van der Waals surface area contributed by atoms with Crippen molar-refractivity contribution in [3.05, 3.63) is 58.1 Å². The first-order valence-electron chi connectivity index (χ1n) is 7.98. The summed E-state index contributed by atoms with van der Waals surface area (Å²) >= 11 is 6.07. The number of rotatable bonds is 6. The number of nitrogens with zero attached hydrogens (tertiary/aromatic N) is 1. The van der Waals surface area contributed by atoms with E-state index in [1.165, 1.54) is 13.2 Å².